The quantitative estimate of drug-likeness (QED) is 0.591. The molecule has 0 aliphatic heterocycles. The number of nitro groups is 1. The number of nitrogens with one attached hydrogen (secondary N) is 1. The van der Waals surface area contributed by atoms with Crippen LogP contribution >= 0.6 is 0 Å². The van der Waals surface area contributed by atoms with E-state index in [9.17, 15) is 27.7 Å². The van der Waals surface area contributed by atoms with Gasteiger partial charge in [-0.1, -0.05) is 0 Å². The number of nitro benzene ring substituents is 1. The number of aryl methyl sites for hydroxylation is 1. The Labute approximate surface area is 113 Å². The summed E-state index contributed by atoms with van der Waals surface area (Å²) in [5, 5.41) is 19.0. The molecule has 0 heterocycles. The van der Waals surface area contributed by atoms with E-state index in [2.05, 4.69) is 0 Å². The monoisotopic (exact) mass is 306 g/mol. The molecule has 110 valence electrons. The van der Waals surface area contributed by atoms with Crippen molar-refractivity contribution in [2.75, 3.05) is 6.54 Å². The first-order valence-electron chi connectivity index (χ1n) is 5.31. The van der Waals surface area contributed by atoms with E-state index in [1.807, 2.05) is 4.72 Å². The van der Waals surface area contributed by atoms with Crippen molar-refractivity contribution in [2.45, 2.75) is 18.2 Å². The Morgan fingerprint density at radius 3 is 2.60 bits per heavy atom. The summed E-state index contributed by atoms with van der Waals surface area (Å²) in [4.78, 5) is 19.4. The number of carboxylic acid groups (broad SMARTS) is 1. The normalized spacial score (nSPS) is 11.3. The molecule has 0 saturated carbocycles. The second-order valence-electron chi connectivity index (χ2n) is 3.87. The molecule has 2 N–H and O–H groups in total. The van der Waals surface area contributed by atoms with Crippen molar-refractivity contribution >= 4 is 21.7 Å². The van der Waals surface area contributed by atoms with Gasteiger partial charge in [-0.2, -0.15) is 4.39 Å². The second-order valence-corrected chi connectivity index (χ2v) is 5.60. The molecule has 1 aromatic carbocycles. The maximum atomic E-state index is 13.3. The zero-order valence-electron chi connectivity index (χ0n) is 10.3. The van der Waals surface area contributed by atoms with Crippen LogP contribution in [0.4, 0.5) is 10.1 Å². The van der Waals surface area contributed by atoms with Crippen molar-refractivity contribution < 1.29 is 27.6 Å². The molecule has 1 rings (SSSR count). The lowest BCUT2D eigenvalue weighted by Gasteiger charge is -2.08. The van der Waals surface area contributed by atoms with Gasteiger partial charge in [0.2, 0.25) is 15.8 Å². The minimum Gasteiger partial charge on any atom is -0.481 e. The summed E-state index contributed by atoms with van der Waals surface area (Å²) in [6.45, 7) is 0.904. The lowest BCUT2D eigenvalue weighted by atomic mass is 10.2. The average molecular weight is 306 g/mol. The summed E-state index contributed by atoms with van der Waals surface area (Å²) in [5.74, 6) is -2.34. The van der Waals surface area contributed by atoms with Gasteiger partial charge in [-0.15, -0.1) is 0 Å². The molecule has 10 heteroatoms. The van der Waals surface area contributed by atoms with Crippen molar-refractivity contribution in [3.63, 3.8) is 0 Å². The number of sulfonamides is 1. The molecule has 20 heavy (non-hydrogen) atoms. The molecule has 1 aromatic rings. The summed E-state index contributed by atoms with van der Waals surface area (Å²) in [5.41, 5.74) is -0.981. The Bertz CT molecular complexity index is 658. The molecule has 0 aromatic heterocycles. The first-order valence-corrected chi connectivity index (χ1v) is 6.79. The molecule has 0 saturated heterocycles. The van der Waals surface area contributed by atoms with Gasteiger partial charge < -0.3 is 5.11 Å². The largest absolute Gasteiger partial charge is 0.481 e. The molecule has 0 unspecified atom stereocenters. The highest BCUT2D eigenvalue weighted by molar-refractivity contribution is 7.89. The van der Waals surface area contributed by atoms with Gasteiger partial charge in [0.05, 0.1) is 16.2 Å². The number of hydrogen-bond acceptors (Lipinski definition) is 5. The summed E-state index contributed by atoms with van der Waals surface area (Å²) in [6.07, 6.45) is -0.443. The van der Waals surface area contributed by atoms with Crippen LogP contribution in [0.3, 0.4) is 0 Å². The Morgan fingerprint density at radius 1 is 1.50 bits per heavy atom. The molecule has 0 fully saturated rings. The third kappa shape index (κ3) is 3.71. The van der Waals surface area contributed by atoms with Crippen LogP contribution in [0.15, 0.2) is 17.0 Å². The Kier molecular flexibility index (Phi) is 4.73. The highest BCUT2D eigenvalue weighted by atomic mass is 32.2. The zero-order valence-corrected chi connectivity index (χ0v) is 11.1. The lowest BCUT2D eigenvalue weighted by molar-refractivity contribution is -0.387. The van der Waals surface area contributed by atoms with Crippen molar-refractivity contribution in [3.8, 4) is 0 Å². The van der Waals surface area contributed by atoms with Crippen molar-refractivity contribution in [1.82, 2.24) is 4.72 Å². The number of carboxylic acids is 1. The average Bonchev–Trinajstić information content (AvgIpc) is 2.26. The maximum Gasteiger partial charge on any atom is 0.306 e. The molecule has 0 amide bonds. The maximum absolute atomic E-state index is 13.3. The van der Waals surface area contributed by atoms with Crippen LogP contribution in [0.5, 0.6) is 0 Å². The molecule has 0 spiro atoms. The van der Waals surface area contributed by atoms with E-state index < -0.39 is 43.7 Å². The highest BCUT2D eigenvalue weighted by Crippen LogP contribution is 2.25. The van der Waals surface area contributed by atoms with Gasteiger partial charge in [0.1, 0.15) is 0 Å². The van der Waals surface area contributed by atoms with E-state index in [1.165, 1.54) is 6.92 Å². The predicted octanol–water partition coefficient (Wildman–Crippen LogP) is 0.795. The predicted molar refractivity (Wildman–Crippen MR) is 65.2 cm³/mol. The van der Waals surface area contributed by atoms with Crippen LogP contribution in [0.25, 0.3) is 0 Å². The lowest BCUT2D eigenvalue weighted by Crippen LogP contribution is -2.27. The number of halogens is 1. The summed E-state index contributed by atoms with van der Waals surface area (Å²) in [7, 11) is -4.14. The van der Waals surface area contributed by atoms with Crippen molar-refractivity contribution in [1.29, 1.82) is 0 Å². The second kappa shape index (κ2) is 5.92. The van der Waals surface area contributed by atoms with Crippen LogP contribution in [0.1, 0.15) is 12.0 Å². The third-order valence-corrected chi connectivity index (χ3v) is 3.96. The van der Waals surface area contributed by atoms with Gasteiger partial charge in [0.25, 0.3) is 0 Å². The fourth-order valence-electron chi connectivity index (χ4n) is 1.44. The fraction of sp³-hybridized carbons (Fsp3) is 0.300. The van der Waals surface area contributed by atoms with Gasteiger partial charge in [0, 0.05) is 12.6 Å². The number of rotatable bonds is 6. The van der Waals surface area contributed by atoms with E-state index in [1.54, 1.807) is 0 Å². The van der Waals surface area contributed by atoms with Crippen LogP contribution in [-0.4, -0.2) is 31.0 Å². The van der Waals surface area contributed by atoms with Gasteiger partial charge in [-0.3, -0.25) is 14.9 Å². The van der Waals surface area contributed by atoms with Crippen LogP contribution < -0.4 is 4.72 Å². The molecule has 0 aliphatic rings. The van der Waals surface area contributed by atoms with Crippen LogP contribution in [0, 0.1) is 22.9 Å². The summed E-state index contributed by atoms with van der Waals surface area (Å²) >= 11 is 0. The Hall–Kier alpha value is -2.07. The van der Waals surface area contributed by atoms with E-state index >= 15 is 0 Å². The van der Waals surface area contributed by atoms with Crippen LogP contribution in [-0.2, 0) is 14.8 Å². The molecular weight excluding hydrogens is 295 g/mol. The highest BCUT2D eigenvalue weighted by Gasteiger charge is 2.24. The number of benzene rings is 1. The number of aliphatic carboxylic acids is 1. The summed E-state index contributed by atoms with van der Waals surface area (Å²) in [6, 6.07) is 1.34. The van der Waals surface area contributed by atoms with Crippen molar-refractivity contribution in [3.05, 3.63) is 33.6 Å². The molecular formula is C10H11FN2O6S. The fourth-order valence-corrected chi connectivity index (χ4v) is 2.72. The van der Waals surface area contributed by atoms with E-state index in [4.69, 9.17) is 5.11 Å². The van der Waals surface area contributed by atoms with E-state index in [-0.39, 0.29) is 12.1 Å². The minimum absolute atomic E-state index is 0.0177. The van der Waals surface area contributed by atoms with Gasteiger partial charge in [0.15, 0.2) is 0 Å². The number of hydrogen-bond donors (Lipinski definition) is 2. The first kappa shape index (κ1) is 16.0. The zero-order chi connectivity index (χ0) is 15.5. The smallest absolute Gasteiger partial charge is 0.306 e. The first-order chi connectivity index (χ1) is 9.15. The molecule has 8 nitrogen and oxygen atoms in total. The standard InChI is InChI=1S/C10H11FN2O6S/c1-6-4-7(11)8(13(16)17)5-9(6)20(18,19)12-3-2-10(14)15/h4-5,12H,2-3H2,1H3,(H,14,15). The minimum atomic E-state index is -4.14. The molecule has 0 radical (unpaired) electrons. The third-order valence-electron chi connectivity index (χ3n) is 2.36. The van der Waals surface area contributed by atoms with E-state index in [0.717, 1.165) is 6.07 Å². The van der Waals surface area contributed by atoms with E-state index in [0.29, 0.717) is 6.07 Å². The Balaban J connectivity index is 3.14. The van der Waals surface area contributed by atoms with Gasteiger partial charge in [-0.25, -0.2) is 13.1 Å². The molecule has 0 bridgehead atoms. The topological polar surface area (TPSA) is 127 Å². The van der Waals surface area contributed by atoms with Crippen molar-refractivity contribution in [2.24, 2.45) is 0 Å². The van der Waals surface area contributed by atoms with Gasteiger partial charge in [-0.05, 0) is 18.6 Å². The van der Waals surface area contributed by atoms with Crippen LogP contribution in [0.2, 0.25) is 0 Å². The summed E-state index contributed by atoms with van der Waals surface area (Å²) < 4.78 is 39.0. The molecule has 0 atom stereocenters. The SMILES string of the molecule is Cc1cc(F)c([N+](=O)[O-])cc1S(=O)(=O)NCCC(=O)O. The van der Waals surface area contributed by atoms with Gasteiger partial charge >= 0.3 is 11.7 Å². The number of nitrogens with zero attached hydrogens (tertiary/aromatic N) is 1. The Morgan fingerprint density at radius 2 is 2.10 bits per heavy atom. The molecule has 0 aliphatic carbocycles. The number of carbonyl (C=O) groups is 1.